The van der Waals surface area contributed by atoms with Gasteiger partial charge in [-0.3, -0.25) is 14.5 Å². The summed E-state index contributed by atoms with van der Waals surface area (Å²) < 4.78 is 0. The molecule has 4 aliphatic rings. The van der Waals surface area contributed by atoms with Crippen molar-refractivity contribution in [3.8, 4) is 0 Å². The summed E-state index contributed by atoms with van der Waals surface area (Å²) in [6.07, 6.45) is 5.19. The first-order valence-corrected chi connectivity index (χ1v) is 9.01. The van der Waals surface area contributed by atoms with E-state index in [1.807, 2.05) is 12.1 Å². The van der Waals surface area contributed by atoms with Gasteiger partial charge in [-0.05, 0) is 55.2 Å². The second-order valence-electron chi connectivity index (χ2n) is 7.14. The average molecular weight is 352 g/mol. The minimum atomic E-state index is -0.737. The van der Waals surface area contributed by atoms with Crippen LogP contribution in [0.1, 0.15) is 37.7 Å². The molecule has 2 amide bonds. The summed E-state index contributed by atoms with van der Waals surface area (Å²) in [5, 5.41) is 0.930. The van der Waals surface area contributed by atoms with Crippen LogP contribution in [0.2, 0.25) is 10.0 Å². The molecule has 0 spiro atoms. The van der Waals surface area contributed by atoms with E-state index in [0.717, 1.165) is 37.7 Å². The molecule has 5 rings (SSSR count). The van der Waals surface area contributed by atoms with Gasteiger partial charge in [0.15, 0.2) is 0 Å². The lowest BCUT2D eigenvalue weighted by Crippen LogP contribution is -2.50. The minimum absolute atomic E-state index is 0.0160. The number of fused-ring (bicyclic) bond motifs is 3. The third kappa shape index (κ3) is 1.90. The van der Waals surface area contributed by atoms with Crippen molar-refractivity contribution in [2.45, 2.75) is 37.5 Å². The quantitative estimate of drug-likeness (QED) is 0.715. The number of carbonyl (C=O) groups excluding carboxylic acids is 2. The summed E-state index contributed by atoms with van der Waals surface area (Å²) >= 11 is 12.3. The van der Waals surface area contributed by atoms with Crippen LogP contribution in [0.4, 0.5) is 0 Å². The van der Waals surface area contributed by atoms with Crippen LogP contribution in [0.3, 0.4) is 0 Å². The van der Waals surface area contributed by atoms with Crippen molar-refractivity contribution in [2.24, 2.45) is 17.8 Å². The van der Waals surface area contributed by atoms with Gasteiger partial charge in [-0.1, -0.05) is 35.7 Å². The number of imide groups is 1. The molecular weight excluding hydrogens is 333 g/mol. The Morgan fingerprint density at radius 1 is 1.09 bits per heavy atom. The molecule has 2 bridgehead atoms. The standard InChI is InChI=1S/C18H19Cl2NO2/c1-21-16(22)15-10-3-2-4-11(6-5-10)18(15,17(21)23)12-7-8-13(19)14(20)9-12/h7-11,15H,2-6H2,1H3. The zero-order chi connectivity index (χ0) is 16.4. The Hall–Kier alpha value is -1.06. The van der Waals surface area contributed by atoms with E-state index in [-0.39, 0.29) is 23.7 Å². The van der Waals surface area contributed by atoms with Crippen LogP contribution < -0.4 is 0 Å². The van der Waals surface area contributed by atoms with Crippen LogP contribution in [-0.4, -0.2) is 23.8 Å². The first kappa shape index (κ1) is 15.5. The van der Waals surface area contributed by atoms with Crippen LogP contribution >= 0.6 is 23.2 Å². The molecule has 23 heavy (non-hydrogen) atoms. The zero-order valence-electron chi connectivity index (χ0n) is 13.0. The molecule has 0 aromatic heterocycles. The lowest BCUT2D eigenvalue weighted by Gasteiger charge is -2.44. The largest absolute Gasteiger partial charge is 0.285 e. The smallest absolute Gasteiger partial charge is 0.240 e. The Kier molecular flexibility index (Phi) is 3.51. The van der Waals surface area contributed by atoms with Gasteiger partial charge in [-0.2, -0.15) is 0 Å². The normalized spacial score (nSPS) is 36.3. The van der Waals surface area contributed by atoms with E-state index in [1.54, 1.807) is 13.1 Å². The monoisotopic (exact) mass is 351 g/mol. The van der Waals surface area contributed by atoms with E-state index in [9.17, 15) is 9.59 Å². The first-order chi connectivity index (χ1) is 11.0. The molecule has 5 heteroatoms. The molecule has 0 N–H and O–H groups in total. The number of hydrogen-bond acceptors (Lipinski definition) is 2. The first-order valence-electron chi connectivity index (χ1n) is 8.25. The van der Waals surface area contributed by atoms with E-state index in [1.165, 1.54) is 4.90 Å². The number of nitrogens with zero attached hydrogens (tertiary/aromatic N) is 1. The van der Waals surface area contributed by atoms with Crippen molar-refractivity contribution in [3.63, 3.8) is 0 Å². The summed E-state index contributed by atoms with van der Waals surface area (Å²) in [6, 6.07) is 5.45. The van der Waals surface area contributed by atoms with Gasteiger partial charge in [0, 0.05) is 7.05 Å². The predicted molar refractivity (Wildman–Crippen MR) is 89.5 cm³/mol. The Morgan fingerprint density at radius 3 is 2.61 bits per heavy atom. The van der Waals surface area contributed by atoms with Crippen LogP contribution in [-0.2, 0) is 15.0 Å². The molecule has 3 nitrogen and oxygen atoms in total. The second-order valence-corrected chi connectivity index (χ2v) is 7.96. The number of likely N-dealkylation sites (N-methyl/N-ethyl adjacent to an activating group) is 1. The number of rotatable bonds is 1. The third-order valence-electron chi connectivity index (χ3n) is 6.27. The van der Waals surface area contributed by atoms with Crippen LogP contribution in [0, 0.1) is 17.8 Å². The lowest BCUT2D eigenvalue weighted by molar-refractivity contribution is -0.139. The summed E-state index contributed by atoms with van der Waals surface area (Å²) in [6.45, 7) is 0. The van der Waals surface area contributed by atoms with Gasteiger partial charge in [0.1, 0.15) is 0 Å². The van der Waals surface area contributed by atoms with Gasteiger partial charge < -0.3 is 0 Å². The van der Waals surface area contributed by atoms with E-state index in [0.29, 0.717) is 16.0 Å². The van der Waals surface area contributed by atoms with Gasteiger partial charge in [-0.15, -0.1) is 0 Å². The SMILES string of the molecule is CN1C(=O)C2C3CCCC(CC3)C2(c2ccc(Cl)c(Cl)c2)C1=O. The van der Waals surface area contributed by atoms with Crippen LogP contribution in [0.25, 0.3) is 0 Å². The van der Waals surface area contributed by atoms with Gasteiger partial charge in [0.05, 0.1) is 21.4 Å². The lowest BCUT2D eigenvalue weighted by atomic mass is 9.55. The molecule has 1 heterocycles. The number of likely N-dealkylation sites (tertiary alicyclic amines) is 1. The van der Waals surface area contributed by atoms with Crippen molar-refractivity contribution in [2.75, 3.05) is 7.05 Å². The molecule has 1 aromatic carbocycles. The molecule has 0 radical (unpaired) electrons. The Bertz CT molecular complexity index is 700. The zero-order valence-corrected chi connectivity index (χ0v) is 14.5. The highest BCUT2D eigenvalue weighted by Crippen LogP contribution is 2.59. The minimum Gasteiger partial charge on any atom is -0.285 e. The van der Waals surface area contributed by atoms with E-state index in [2.05, 4.69) is 0 Å². The molecule has 1 aliphatic heterocycles. The van der Waals surface area contributed by atoms with Crippen molar-refractivity contribution in [3.05, 3.63) is 33.8 Å². The fourth-order valence-corrected chi connectivity index (χ4v) is 5.63. The molecule has 1 saturated heterocycles. The molecule has 1 aromatic rings. The number of amides is 2. The third-order valence-corrected chi connectivity index (χ3v) is 7.01. The number of hydrogen-bond donors (Lipinski definition) is 0. The Balaban J connectivity index is 1.98. The fraction of sp³-hybridized carbons (Fsp3) is 0.556. The van der Waals surface area contributed by atoms with Crippen molar-refractivity contribution in [1.82, 2.24) is 4.90 Å². The maximum Gasteiger partial charge on any atom is 0.240 e. The molecule has 122 valence electrons. The summed E-state index contributed by atoms with van der Waals surface area (Å²) in [5.41, 5.74) is 0.135. The van der Waals surface area contributed by atoms with Crippen LogP contribution in [0.5, 0.6) is 0 Å². The highest BCUT2D eigenvalue weighted by molar-refractivity contribution is 6.42. The van der Waals surface area contributed by atoms with E-state index < -0.39 is 5.41 Å². The van der Waals surface area contributed by atoms with Crippen molar-refractivity contribution in [1.29, 1.82) is 0 Å². The van der Waals surface area contributed by atoms with Gasteiger partial charge in [0.25, 0.3) is 0 Å². The molecule has 3 saturated carbocycles. The average Bonchev–Trinajstić information content (AvgIpc) is 2.78. The predicted octanol–water partition coefficient (Wildman–Crippen LogP) is 4.06. The van der Waals surface area contributed by atoms with Crippen LogP contribution in [0.15, 0.2) is 18.2 Å². The summed E-state index contributed by atoms with van der Waals surface area (Å²) in [5.74, 6) is 0.202. The van der Waals surface area contributed by atoms with Gasteiger partial charge in [0.2, 0.25) is 11.8 Å². The molecule has 4 fully saturated rings. The number of carbonyl (C=O) groups is 2. The molecule has 4 atom stereocenters. The maximum atomic E-state index is 13.2. The fourth-order valence-electron chi connectivity index (χ4n) is 5.33. The molecular formula is C18H19Cl2NO2. The Morgan fingerprint density at radius 2 is 1.87 bits per heavy atom. The summed E-state index contributed by atoms with van der Waals surface area (Å²) in [4.78, 5) is 27.5. The Labute approximate surface area is 145 Å². The van der Waals surface area contributed by atoms with Gasteiger partial charge >= 0.3 is 0 Å². The van der Waals surface area contributed by atoms with E-state index in [4.69, 9.17) is 23.2 Å². The number of halogens is 2. The molecule has 3 aliphatic carbocycles. The molecule has 4 unspecified atom stereocenters. The van der Waals surface area contributed by atoms with Gasteiger partial charge in [-0.25, -0.2) is 0 Å². The van der Waals surface area contributed by atoms with Crippen molar-refractivity contribution >= 4 is 35.0 Å². The topological polar surface area (TPSA) is 37.4 Å². The summed E-state index contributed by atoms with van der Waals surface area (Å²) in [7, 11) is 1.62. The highest BCUT2D eigenvalue weighted by Gasteiger charge is 2.66. The van der Waals surface area contributed by atoms with E-state index >= 15 is 0 Å². The van der Waals surface area contributed by atoms with Crippen molar-refractivity contribution < 1.29 is 9.59 Å². The second kappa shape index (κ2) is 5.22. The highest BCUT2D eigenvalue weighted by atomic mass is 35.5. The maximum absolute atomic E-state index is 13.2. The number of benzene rings is 1.